The van der Waals surface area contributed by atoms with Crippen molar-refractivity contribution in [3.8, 4) is 0 Å². The molecular weight excluding hydrogens is 262 g/mol. The van der Waals surface area contributed by atoms with Crippen molar-refractivity contribution in [2.75, 3.05) is 40.5 Å². The van der Waals surface area contributed by atoms with Crippen LogP contribution < -0.4 is 5.32 Å². The van der Waals surface area contributed by atoms with Gasteiger partial charge in [-0.15, -0.1) is 0 Å². The van der Waals surface area contributed by atoms with Crippen LogP contribution in [0.5, 0.6) is 0 Å². The van der Waals surface area contributed by atoms with Crippen LogP contribution in [0.2, 0.25) is 5.02 Å². The van der Waals surface area contributed by atoms with Gasteiger partial charge in [0.1, 0.15) is 0 Å². The van der Waals surface area contributed by atoms with Crippen molar-refractivity contribution in [3.63, 3.8) is 0 Å². The van der Waals surface area contributed by atoms with E-state index in [0.29, 0.717) is 11.8 Å². The van der Waals surface area contributed by atoms with Gasteiger partial charge < -0.3 is 14.8 Å². The zero-order valence-corrected chi connectivity index (χ0v) is 12.7. The fourth-order valence-electron chi connectivity index (χ4n) is 2.17. The number of ether oxygens (including phenoxy) is 2. The van der Waals surface area contributed by atoms with E-state index in [-0.39, 0.29) is 0 Å². The quantitative estimate of drug-likeness (QED) is 0.708. The Morgan fingerprint density at radius 1 is 1.16 bits per heavy atom. The third-order valence-electron chi connectivity index (χ3n) is 3.26. The van der Waals surface area contributed by atoms with Gasteiger partial charge in [-0.1, -0.05) is 30.7 Å². The number of methoxy groups -OCH3 is 2. The molecule has 0 aliphatic carbocycles. The highest BCUT2D eigenvalue weighted by Crippen LogP contribution is 2.25. The summed E-state index contributed by atoms with van der Waals surface area (Å²) in [5.74, 6) is 0.857. The molecule has 0 amide bonds. The highest BCUT2D eigenvalue weighted by Gasteiger charge is 2.19. The molecule has 1 rings (SSSR count). The lowest BCUT2D eigenvalue weighted by Crippen LogP contribution is -2.29. The molecular formula is C15H24ClNO2. The Morgan fingerprint density at radius 3 is 2.42 bits per heavy atom. The second-order valence-electron chi connectivity index (χ2n) is 4.79. The molecule has 0 saturated heterocycles. The van der Waals surface area contributed by atoms with Gasteiger partial charge in [0.2, 0.25) is 0 Å². The van der Waals surface area contributed by atoms with Crippen LogP contribution in [0.1, 0.15) is 18.4 Å². The smallest absolute Gasteiger partial charge is 0.0587 e. The molecule has 4 heteroatoms. The van der Waals surface area contributed by atoms with Crippen LogP contribution in [0.15, 0.2) is 24.3 Å². The maximum atomic E-state index is 5.95. The van der Waals surface area contributed by atoms with Gasteiger partial charge in [-0.05, 0) is 23.6 Å². The summed E-state index contributed by atoms with van der Waals surface area (Å²) in [5, 5.41) is 4.20. The summed E-state index contributed by atoms with van der Waals surface area (Å²) in [7, 11) is 3.46. The number of rotatable bonds is 9. The van der Waals surface area contributed by atoms with E-state index in [1.807, 2.05) is 12.1 Å². The molecule has 0 radical (unpaired) electrons. The number of hydrogen-bond donors (Lipinski definition) is 1. The first-order valence-corrected chi connectivity index (χ1v) is 7.01. The van der Waals surface area contributed by atoms with E-state index in [0.717, 1.165) is 31.3 Å². The van der Waals surface area contributed by atoms with Gasteiger partial charge in [0.15, 0.2) is 0 Å². The molecule has 0 aromatic heterocycles. The van der Waals surface area contributed by atoms with Crippen molar-refractivity contribution in [1.82, 2.24) is 5.32 Å². The highest BCUT2D eigenvalue weighted by atomic mass is 35.5. The highest BCUT2D eigenvalue weighted by molar-refractivity contribution is 6.30. The Bertz CT molecular complexity index is 343. The SMILES string of the molecule is COCCNCC(c1ccc(Cl)cc1)C(C)COC. The molecule has 1 aromatic rings. The average Bonchev–Trinajstić information content (AvgIpc) is 2.40. The van der Waals surface area contributed by atoms with Crippen molar-refractivity contribution in [2.24, 2.45) is 5.92 Å². The average molecular weight is 286 g/mol. The Labute approximate surface area is 121 Å². The van der Waals surface area contributed by atoms with Gasteiger partial charge in [0.25, 0.3) is 0 Å². The van der Waals surface area contributed by atoms with Crippen molar-refractivity contribution in [1.29, 1.82) is 0 Å². The second-order valence-corrected chi connectivity index (χ2v) is 5.22. The van der Waals surface area contributed by atoms with Gasteiger partial charge >= 0.3 is 0 Å². The van der Waals surface area contributed by atoms with Crippen LogP contribution in [0.4, 0.5) is 0 Å². The van der Waals surface area contributed by atoms with E-state index in [1.54, 1.807) is 14.2 Å². The van der Waals surface area contributed by atoms with Gasteiger partial charge in [-0.3, -0.25) is 0 Å². The molecule has 2 atom stereocenters. The topological polar surface area (TPSA) is 30.5 Å². The summed E-state index contributed by atoms with van der Waals surface area (Å²) in [6.07, 6.45) is 0. The summed E-state index contributed by atoms with van der Waals surface area (Å²) in [4.78, 5) is 0. The van der Waals surface area contributed by atoms with Crippen LogP contribution in [0.3, 0.4) is 0 Å². The zero-order chi connectivity index (χ0) is 14.1. The Balaban J connectivity index is 2.65. The molecule has 1 aromatic carbocycles. The predicted molar refractivity (Wildman–Crippen MR) is 80.0 cm³/mol. The van der Waals surface area contributed by atoms with Crippen LogP contribution in [0.25, 0.3) is 0 Å². The van der Waals surface area contributed by atoms with E-state index >= 15 is 0 Å². The van der Waals surface area contributed by atoms with Gasteiger partial charge in [-0.25, -0.2) is 0 Å². The minimum atomic E-state index is 0.411. The van der Waals surface area contributed by atoms with Crippen molar-refractivity contribution >= 4 is 11.6 Å². The molecule has 0 aliphatic heterocycles. The molecule has 3 nitrogen and oxygen atoms in total. The molecule has 0 spiro atoms. The lowest BCUT2D eigenvalue weighted by atomic mass is 9.87. The number of hydrogen-bond acceptors (Lipinski definition) is 3. The lowest BCUT2D eigenvalue weighted by molar-refractivity contribution is 0.144. The van der Waals surface area contributed by atoms with Crippen LogP contribution in [-0.4, -0.2) is 40.5 Å². The molecule has 0 saturated carbocycles. The van der Waals surface area contributed by atoms with Crippen LogP contribution in [0, 0.1) is 5.92 Å². The minimum Gasteiger partial charge on any atom is -0.384 e. The summed E-state index contributed by atoms with van der Waals surface area (Å²) in [6, 6.07) is 8.07. The summed E-state index contributed by atoms with van der Waals surface area (Å²) < 4.78 is 10.3. The van der Waals surface area contributed by atoms with E-state index in [4.69, 9.17) is 21.1 Å². The lowest BCUT2D eigenvalue weighted by Gasteiger charge is -2.24. The number of benzene rings is 1. The Morgan fingerprint density at radius 2 is 1.84 bits per heavy atom. The van der Waals surface area contributed by atoms with Crippen molar-refractivity contribution in [3.05, 3.63) is 34.9 Å². The third-order valence-corrected chi connectivity index (χ3v) is 3.51. The first kappa shape index (κ1) is 16.4. The first-order chi connectivity index (χ1) is 9.19. The molecule has 1 N–H and O–H groups in total. The summed E-state index contributed by atoms with van der Waals surface area (Å²) in [5.41, 5.74) is 1.29. The largest absolute Gasteiger partial charge is 0.384 e. The van der Waals surface area contributed by atoms with Crippen LogP contribution >= 0.6 is 11.6 Å². The number of halogens is 1. The van der Waals surface area contributed by atoms with Gasteiger partial charge in [0.05, 0.1) is 6.61 Å². The van der Waals surface area contributed by atoms with Gasteiger partial charge in [-0.2, -0.15) is 0 Å². The maximum absolute atomic E-state index is 5.95. The predicted octanol–water partition coefficient (Wildman–Crippen LogP) is 2.94. The molecule has 0 bridgehead atoms. The molecule has 0 heterocycles. The number of nitrogens with one attached hydrogen (secondary N) is 1. The third kappa shape index (κ3) is 5.91. The summed E-state index contributed by atoms with van der Waals surface area (Å²) >= 11 is 5.95. The first-order valence-electron chi connectivity index (χ1n) is 6.63. The molecule has 0 fully saturated rings. The van der Waals surface area contributed by atoms with Crippen molar-refractivity contribution in [2.45, 2.75) is 12.8 Å². The fraction of sp³-hybridized carbons (Fsp3) is 0.600. The maximum Gasteiger partial charge on any atom is 0.0587 e. The van der Waals surface area contributed by atoms with E-state index in [1.165, 1.54) is 5.56 Å². The van der Waals surface area contributed by atoms with E-state index < -0.39 is 0 Å². The Kier molecular flexibility index (Phi) is 8.07. The molecule has 2 unspecified atom stereocenters. The van der Waals surface area contributed by atoms with E-state index in [9.17, 15) is 0 Å². The summed E-state index contributed by atoms with van der Waals surface area (Å²) in [6.45, 7) is 5.46. The Hall–Kier alpha value is -0.610. The molecule has 19 heavy (non-hydrogen) atoms. The van der Waals surface area contributed by atoms with E-state index in [2.05, 4.69) is 24.4 Å². The minimum absolute atomic E-state index is 0.411. The van der Waals surface area contributed by atoms with Crippen molar-refractivity contribution < 1.29 is 9.47 Å². The molecule has 108 valence electrons. The van der Waals surface area contributed by atoms with Gasteiger partial charge in [0, 0.05) is 44.9 Å². The normalized spacial score (nSPS) is 14.3. The zero-order valence-electron chi connectivity index (χ0n) is 12.0. The molecule has 0 aliphatic rings. The fourth-order valence-corrected chi connectivity index (χ4v) is 2.29. The van der Waals surface area contributed by atoms with Crippen LogP contribution in [-0.2, 0) is 9.47 Å². The second kappa shape index (κ2) is 9.32. The standard InChI is InChI=1S/C15H24ClNO2/c1-12(11-19-3)15(10-17-8-9-18-2)13-4-6-14(16)7-5-13/h4-7,12,15,17H,8-11H2,1-3H3. The monoisotopic (exact) mass is 285 g/mol.